The number of benzene rings is 2. The van der Waals surface area contributed by atoms with Crippen LogP contribution in [0.15, 0.2) is 54.9 Å². The Hall–Kier alpha value is -2.46. The molecule has 0 unspecified atom stereocenters. The van der Waals surface area contributed by atoms with E-state index in [0.717, 1.165) is 10.8 Å². The first-order valence-corrected chi connectivity index (χ1v) is 7.08. The molecule has 0 radical (unpaired) electrons. The lowest BCUT2D eigenvalue weighted by Gasteiger charge is -2.08. The SMILES string of the molecule is O=C(Cc1ccc(Cl)c(F)c1)Nc1cncc2ccccc12. The lowest BCUT2D eigenvalue weighted by Crippen LogP contribution is -2.15. The van der Waals surface area contributed by atoms with Crippen LogP contribution in [-0.2, 0) is 11.2 Å². The maximum atomic E-state index is 13.4. The summed E-state index contributed by atoms with van der Waals surface area (Å²) in [5.41, 5.74) is 1.20. The third-order valence-corrected chi connectivity index (χ3v) is 3.60. The van der Waals surface area contributed by atoms with Gasteiger partial charge >= 0.3 is 0 Å². The maximum absolute atomic E-state index is 13.4. The van der Waals surface area contributed by atoms with E-state index in [1.54, 1.807) is 18.5 Å². The number of hydrogen-bond acceptors (Lipinski definition) is 2. The fourth-order valence-corrected chi connectivity index (χ4v) is 2.36. The molecule has 0 saturated heterocycles. The first-order valence-electron chi connectivity index (χ1n) is 6.70. The van der Waals surface area contributed by atoms with E-state index in [9.17, 15) is 9.18 Å². The second kappa shape index (κ2) is 6.12. The number of halogens is 2. The molecule has 3 nitrogen and oxygen atoms in total. The molecule has 0 aliphatic heterocycles. The van der Waals surface area contributed by atoms with Gasteiger partial charge in [-0.3, -0.25) is 9.78 Å². The number of amides is 1. The molecule has 3 aromatic rings. The number of nitrogens with zero attached hydrogens (tertiary/aromatic N) is 1. The van der Waals surface area contributed by atoms with Crippen molar-refractivity contribution in [3.63, 3.8) is 0 Å². The van der Waals surface area contributed by atoms with Crippen molar-refractivity contribution in [2.45, 2.75) is 6.42 Å². The van der Waals surface area contributed by atoms with Crippen LogP contribution in [-0.4, -0.2) is 10.9 Å². The molecule has 1 aromatic heterocycles. The van der Waals surface area contributed by atoms with Gasteiger partial charge in [0.05, 0.1) is 23.3 Å². The van der Waals surface area contributed by atoms with E-state index in [1.807, 2.05) is 24.3 Å². The van der Waals surface area contributed by atoms with E-state index in [4.69, 9.17) is 11.6 Å². The van der Waals surface area contributed by atoms with Gasteiger partial charge in [0.1, 0.15) is 5.82 Å². The minimum atomic E-state index is -0.529. The molecule has 3 rings (SSSR count). The summed E-state index contributed by atoms with van der Waals surface area (Å²) in [5, 5.41) is 4.71. The van der Waals surface area contributed by atoms with Crippen molar-refractivity contribution in [3.05, 3.63) is 71.3 Å². The Morgan fingerprint density at radius 3 is 2.82 bits per heavy atom. The van der Waals surface area contributed by atoms with Crippen LogP contribution in [0.25, 0.3) is 10.8 Å². The molecule has 22 heavy (non-hydrogen) atoms. The zero-order chi connectivity index (χ0) is 15.5. The summed E-state index contributed by atoms with van der Waals surface area (Å²) in [4.78, 5) is 16.2. The van der Waals surface area contributed by atoms with Crippen LogP contribution in [0.5, 0.6) is 0 Å². The molecule has 110 valence electrons. The van der Waals surface area contributed by atoms with Gasteiger partial charge in [0.15, 0.2) is 0 Å². The Labute approximate surface area is 131 Å². The van der Waals surface area contributed by atoms with Crippen molar-refractivity contribution < 1.29 is 9.18 Å². The molecule has 0 atom stereocenters. The summed E-state index contributed by atoms with van der Waals surface area (Å²) in [7, 11) is 0. The molecule has 0 fully saturated rings. The van der Waals surface area contributed by atoms with Crippen molar-refractivity contribution in [3.8, 4) is 0 Å². The second-order valence-corrected chi connectivity index (χ2v) is 5.29. The van der Waals surface area contributed by atoms with E-state index >= 15 is 0 Å². The van der Waals surface area contributed by atoms with Gasteiger partial charge in [-0.15, -0.1) is 0 Å². The molecule has 1 amide bonds. The number of nitrogens with one attached hydrogen (secondary N) is 1. The molecule has 0 bridgehead atoms. The predicted molar refractivity (Wildman–Crippen MR) is 85.5 cm³/mol. The fourth-order valence-electron chi connectivity index (χ4n) is 2.25. The molecule has 0 aliphatic rings. The maximum Gasteiger partial charge on any atom is 0.228 e. The lowest BCUT2D eigenvalue weighted by atomic mass is 10.1. The number of hydrogen-bond donors (Lipinski definition) is 1. The highest BCUT2D eigenvalue weighted by atomic mass is 35.5. The van der Waals surface area contributed by atoms with Crippen molar-refractivity contribution in [2.75, 3.05) is 5.32 Å². The highest BCUT2D eigenvalue weighted by Gasteiger charge is 2.09. The lowest BCUT2D eigenvalue weighted by molar-refractivity contribution is -0.115. The molecule has 1 N–H and O–H groups in total. The standard InChI is InChI=1S/C17H12ClFN2O/c18-14-6-5-11(7-15(14)19)8-17(22)21-16-10-20-9-12-3-1-2-4-13(12)16/h1-7,9-10H,8H2,(H,21,22). The Bertz CT molecular complexity index is 846. The van der Waals surface area contributed by atoms with Gasteiger partial charge in [-0.2, -0.15) is 0 Å². The largest absolute Gasteiger partial charge is 0.324 e. The highest BCUT2D eigenvalue weighted by molar-refractivity contribution is 6.30. The number of rotatable bonds is 3. The monoisotopic (exact) mass is 314 g/mol. The minimum absolute atomic E-state index is 0.0439. The molecule has 2 aromatic carbocycles. The minimum Gasteiger partial charge on any atom is -0.324 e. The number of anilines is 1. The number of fused-ring (bicyclic) bond motifs is 1. The first kappa shape index (κ1) is 14.5. The van der Waals surface area contributed by atoms with Crippen LogP contribution in [0.2, 0.25) is 5.02 Å². The van der Waals surface area contributed by atoms with Crippen molar-refractivity contribution in [1.29, 1.82) is 0 Å². The molecule has 1 heterocycles. The van der Waals surface area contributed by atoms with Crippen LogP contribution in [0.1, 0.15) is 5.56 Å². The van der Waals surface area contributed by atoms with Gasteiger partial charge in [0, 0.05) is 17.0 Å². The smallest absolute Gasteiger partial charge is 0.228 e. The molecular formula is C17H12ClFN2O. The Morgan fingerprint density at radius 1 is 1.18 bits per heavy atom. The molecular weight excluding hydrogens is 303 g/mol. The van der Waals surface area contributed by atoms with Crippen LogP contribution in [0.4, 0.5) is 10.1 Å². The molecule has 0 spiro atoms. The predicted octanol–water partition coefficient (Wildman–Crippen LogP) is 4.21. The van der Waals surface area contributed by atoms with E-state index in [1.165, 1.54) is 12.1 Å². The van der Waals surface area contributed by atoms with Gasteiger partial charge < -0.3 is 5.32 Å². The average Bonchev–Trinajstić information content (AvgIpc) is 2.51. The Morgan fingerprint density at radius 2 is 2.00 bits per heavy atom. The summed E-state index contributed by atoms with van der Waals surface area (Å²) in [6, 6.07) is 12.0. The van der Waals surface area contributed by atoms with Crippen LogP contribution < -0.4 is 5.32 Å². The van der Waals surface area contributed by atoms with Crippen molar-refractivity contribution in [2.24, 2.45) is 0 Å². The zero-order valence-electron chi connectivity index (χ0n) is 11.5. The summed E-state index contributed by atoms with van der Waals surface area (Å²) in [5.74, 6) is -0.765. The van der Waals surface area contributed by atoms with E-state index in [2.05, 4.69) is 10.3 Å². The van der Waals surface area contributed by atoms with E-state index in [0.29, 0.717) is 11.3 Å². The topological polar surface area (TPSA) is 42.0 Å². The number of pyridine rings is 1. The zero-order valence-corrected chi connectivity index (χ0v) is 12.3. The Balaban J connectivity index is 1.80. The van der Waals surface area contributed by atoms with E-state index in [-0.39, 0.29) is 17.4 Å². The number of aromatic nitrogens is 1. The van der Waals surface area contributed by atoms with Gasteiger partial charge in [-0.05, 0) is 17.7 Å². The molecule has 5 heteroatoms. The summed E-state index contributed by atoms with van der Waals surface area (Å²) >= 11 is 5.63. The van der Waals surface area contributed by atoms with E-state index < -0.39 is 5.82 Å². The quantitative estimate of drug-likeness (QED) is 0.787. The highest BCUT2D eigenvalue weighted by Crippen LogP contribution is 2.22. The number of carbonyl (C=O) groups is 1. The van der Waals surface area contributed by atoms with Crippen LogP contribution in [0.3, 0.4) is 0 Å². The average molecular weight is 315 g/mol. The first-order chi connectivity index (χ1) is 10.6. The second-order valence-electron chi connectivity index (χ2n) is 4.88. The fraction of sp³-hybridized carbons (Fsp3) is 0.0588. The van der Waals surface area contributed by atoms with Crippen molar-refractivity contribution in [1.82, 2.24) is 4.98 Å². The van der Waals surface area contributed by atoms with Gasteiger partial charge in [0.2, 0.25) is 5.91 Å². The van der Waals surface area contributed by atoms with Gasteiger partial charge in [0.25, 0.3) is 0 Å². The molecule has 0 saturated carbocycles. The van der Waals surface area contributed by atoms with Crippen molar-refractivity contribution >= 4 is 34.0 Å². The summed E-state index contributed by atoms with van der Waals surface area (Å²) < 4.78 is 13.4. The normalized spacial score (nSPS) is 10.6. The van der Waals surface area contributed by atoms with Gasteiger partial charge in [-0.25, -0.2) is 4.39 Å². The Kier molecular flexibility index (Phi) is 4.02. The summed E-state index contributed by atoms with van der Waals surface area (Å²) in [6.45, 7) is 0. The molecule has 0 aliphatic carbocycles. The van der Waals surface area contributed by atoms with Gasteiger partial charge in [-0.1, -0.05) is 41.9 Å². The van der Waals surface area contributed by atoms with Crippen LogP contribution in [0, 0.1) is 5.82 Å². The third kappa shape index (κ3) is 3.07. The van der Waals surface area contributed by atoms with Crippen LogP contribution >= 0.6 is 11.6 Å². The third-order valence-electron chi connectivity index (χ3n) is 3.29. The number of carbonyl (C=O) groups excluding carboxylic acids is 1. The summed E-state index contributed by atoms with van der Waals surface area (Å²) in [6.07, 6.45) is 3.40.